The Morgan fingerprint density at radius 1 is 1.06 bits per heavy atom. The van der Waals surface area contributed by atoms with Crippen LogP contribution in [0, 0.1) is 5.92 Å². The second kappa shape index (κ2) is 6.65. The molecule has 0 saturated heterocycles. The number of nitrogens with two attached hydrogens (primary N) is 1. The van der Waals surface area contributed by atoms with Crippen LogP contribution in [-0.2, 0) is 0 Å². The van der Waals surface area contributed by atoms with Crippen molar-refractivity contribution in [3.8, 4) is 5.75 Å². The molecule has 0 bridgehead atoms. The van der Waals surface area contributed by atoms with Gasteiger partial charge in [0.25, 0.3) is 0 Å². The fraction of sp³-hybridized carbons (Fsp3) is 0.600. The maximum absolute atomic E-state index is 5.84. The number of benzene rings is 1. The van der Waals surface area contributed by atoms with Crippen LogP contribution in [0.25, 0.3) is 0 Å². The first kappa shape index (κ1) is 14.0. The van der Waals surface area contributed by atoms with Gasteiger partial charge in [0, 0.05) is 0 Å². The summed E-state index contributed by atoms with van der Waals surface area (Å²) in [4.78, 5) is 0. The zero-order valence-corrected chi connectivity index (χ0v) is 11.4. The predicted molar refractivity (Wildman–Crippen MR) is 73.5 cm³/mol. The van der Waals surface area contributed by atoms with Gasteiger partial charge in [0.05, 0.1) is 6.10 Å². The molecule has 0 fully saturated rings. The summed E-state index contributed by atoms with van der Waals surface area (Å²) in [5, 5.41) is 0. The molecule has 0 spiro atoms. The molecule has 1 aromatic rings. The number of rotatable bonds is 6. The first-order valence-corrected chi connectivity index (χ1v) is 6.49. The molecule has 0 saturated carbocycles. The first-order valence-electron chi connectivity index (χ1n) is 6.49. The lowest BCUT2D eigenvalue weighted by molar-refractivity contribution is 0.242. The van der Waals surface area contributed by atoms with Crippen LogP contribution in [-0.4, -0.2) is 12.6 Å². The third kappa shape index (κ3) is 4.78. The molecule has 0 heterocycles. The van der Waals surface area contributed by atoms with Crippen molar-refractivity contribution < 1.29 is 4.74 Å². The molecule has 1 atom stereocenters. The summed E-state index contributed by atoms with van der Waals surface area (Å²) in [6.45, 7) is 9.26. The van der Waals surface area contributed by atoms with Gasteiger partial charge in [-0.2, -0.15) is 0 Å². The Labute approximate surface area is 105 Å². The highest BCUT2D eigenvalue weighted by Gasteiger charge is 2.11. The van der Waals surface area contributed by atoms with Gasteiger partial charge < -0.3 is 10.5 Å². The molecule has 96 valence electrons. The van der Waals surface area contributed by atoms with E-state index in [0.717, 1.165) is 12.2 Å². The Bertz CT molecular complexity index is 316. The van der Waals surface area contributed by atoms with Gasteiger partial charge in [-0.3, -0.25) is 0 Å². The summed E-state index contributed by atoms with van der Waals surface area (Å²) >= 11 is 0. The average Bonchev–Trinajstić information content (AvgIpc) is 2.26. The van der Waals surface area contributed by atoms with Gasteiger partial charge in [0.2, 0.25) is 0 Å². The molecule has 0 aliphatic carbocycles. The van der Waals surface area contributed by atoms with Crippen LogP contribution in [0.15, 0.2) is 24.3 Å². The zero-order chi connectivity index (χ0) is 12.8. The van der Waals surface area contributed by atoms with Gasteiger partial charge in [0.1, 0.15) is 5.75 Å². The van der Waals surface area contributed by atoms with Gasteiger partial charge in [-0.05, 0) is 56.3 Å². The van der Waals surface area contributed by atoms with Crippen LogP contribution in [0.4, 0.5) is 0 Å². The maximum Gasteiger partial charge on any atom is 0.119 e. The summed E-state index contributed by atoms with van der Waals surface area (Å²) in [6.07, 6.45) is 1.36. The van der Waals surface area contributed by atoms with Crippen molar-refractivity contribution in [3.05, 3.63) is 29.8 Å². The van der Waals surface area contributed by atoms with Crippen LogP contribution in [0.5, 0.6) is 5.75 Å². The second-order valence-corrected chi connectivity index (χ2v) is 5.30. The van der Waals surface area contributed by atoms with E-state index in [1.165, 1.54) is 5.56 Å². The maximum atomic E-state index is 5.84. The number of ether oxygens (including phenoxy) is 1. The van der Waals surface area contributed by atoms with Gasteiger partial charge in [-0.1, -0.05) is 26.0 Å². The molecule has 2 nitrogen and oxygen atoms in total. The van der Waals surface area contributed by atoms with Crippen molar-refractivity contribution in [1.29, 1.82) is 0 Å². The minimum atomic E-state index is 0.224. The monoisotopic (exact) mass is 235 g/mol. The lowest BCUT2D eigenvalue weighted by Gasteiger charge is -2.18. The van der Waals surface area contributed by atoms with Crippen LogP contribution in [0.1, 0.15) is 45.6 Å². The number of hydrogen-bond acceptors (Lipinski definition) is 2. The van der Waals surface area contributed by atoms with Gasteiger partial charge in [-0.15, -0.1) is 0 Å². The Morgan fingerprint density at radius 3 is 2.06 bits per heavy atom. The predicted octanol–water partition coefficient (Wildman–Crippen LogP) is 3.56. The molecule has 17 heavy (non-hydrogen) atoms. The van der Waals surface area contributed by atoms with E-state index in [1.54, 1.807) is 0 Å². The summed E-state index contributed by atoms with van der Waals surface area (Å²) < 4.78 is 5.63. The average molecular weight is 235 g/mol. The lowest BCUT2D eigenvalue weighted by Crippen LogP contribution is -2.14. The van der Waals surface area contributed by atoms with Crippen LogP contribution >= 0.6 is 0 Å². The van der Waals surface area contributed by atoms with Crippen molar-refractivity contribution >= 4 is 0 Å². The topological polar surface area (TPSA) is 35.2 Å². The standard InChI is InChI=1S/C15H25NO/c1-11(2)9-14(10-16)13-5-7-15(8-6-13)17-12(3)4/h5-8,11-12,14H,9-10,16H2,1-4H3. The summed E-state index contributed by atoms with van der Waals surface area (Å²) in [5.74, 6) is 2.07. The molecular weight excluding hydrogens is 210 g/mol. The molecule has 0 aromatic heterocycles. The summed E-state index contributed by atoms with van der Waals surface area (Å²) in [7, 11) is 0. The summed E-state index contributed by atoms with van der Waals surface area (Å²) in [6, 6.07) is 8.35. The van der Waals surface area contributed by atoms with Crippen molar-refractivity contribution in [2.45, 2.75) is 46.1 Å². The van der Waals surface area contributed by atoms with E-state index in [-0.39, 0.29) is 6.10 Å². The van der Waals surface area contributed by atoms with E-state index in [0.29, 0.717) is 18.4 Å². The molecule has 2 N–H and O–H groups in total. The smallest absolute Gasteiger partial charge is 0.119 e. The Kier molecular flexibility index (Phi) is 5.49. The quantitative estimate of drug-likeness (QED) is 0.818. The highest BCUT2D eigenvalue weighted by atomic mass is 16.5. The van der Waals surface area contributed by atoms with Crippen molar-refractivity contribution in [2.75, 3.05) is 6.54 Å². The SMILES string of the molecule is CC(C)CC(CN)c1ccc(OC(C)C)cc1. The fourth-order valence-electron chi connectivity index (χ4n) is 2.03. The van der Waals surface area contributed by atoms with E-state index in [2.05, 4.69) is 26.0 Å². The Hall–Kier alpha value is -1.02. The van der Waals surface area contributed by atoms with E-state index >= 15 is 0 Å². The Morgan fingerprint density at radius 2 is 1.65 bits per heavy atom. The van der Waals surface area contributed by atoms with E-state index < -0.39 is 0 Å². The molecule has 1 aromatic carbocycles. The molecule has 0 radical (unpaired) electrons. The van der Waals surface area contributed by atoms with Crippen LogP contribution < -0.4 is 10.5 Å². The fourth-order valence-corrected chi connectivity index (χ4v) is 2.03. The van der Waals surface area contributed by atoms with Crippen molar-refractivity contribution in [1.82, 2.24) is 0 Å². The normalized spacial score (nSPS) is 13.1. The Balaban J connectivity index is 2.70. The van der Waals surface area contributed by atoms with E-state index in [4.69, 9.17) is 10.5 Å². The highest BCUT2D eigenvalue weighted by Crippen LogP contribution is 2.25. The molecule has 0 aliphatic heterocycles. The molecular formula is C15H25NO. The minimum Gasteiger partial charge on any atom is -0.491 e. The summed E-state index contributed by atoms with van der Waals surface area (Å²) in [5.41, 5.74) is 7.16. The first-order chi connectivity index (χ1) is 8.02. The van der Waals surface area contributed by atoms with Crippen molar-refractivity contribution in [2.24, 2.45) is 11.7 Å². The molecule has 0 aliphatic rings. The van der Waals surface area contributed by atoms with Gasteiger partial charge >= 0.3 is 0 Å². The minimum absolute atomic E-state index is 0.224. The van der Waals surface area contributed by atoms with Gasteiger partial charge in [0.15, 0.2) is 0 Å². The molecule has 2 heteroatoms. The molecule has 0 amide bonds. The van der Waals surface area contributed by atoms with E-state index in [9.17, 15) is 0 Å². The van der Waals surface area contributed by atoms with Crippen molar-refractivity contribution in [3.63, 3.8) is 0 Å². The van der Waals surface area contributed by atoms with E-state index in [1.807, 2.05) is 26.0 Å². The lowest BCUT2D eigenvalue weighted by atomic mass is 9.90. The van der Waals surface area contributed by atoms with Crippen LogP contribution in [0.3, 0.4) is 0 Å². The molecule has 1 rings (SSSR count). The highest BCUT2D eigenvalue weighted by molar-refractivity contribution is 5.29. The second-order valence-electron chi connectivity index (χ2n) is 5.30. The third-order valence-corrected chi connectivity index (χ3v) is 2.76. The largest absolute Gasteiger partial charge is 0.491 e. The zero-order valence-electron chi connectivity index (χ0n) is 11.4. The molecule has 1 unspecified atom stereocenters. The number of hydrogen-bond donors (Lipinski definition) is 1. The third-order valence-electron chi connectivity index (χ3n) is 2.76. The van der Waals surface area contributed by atoms with Gasteiger partial charge in [-0.25, -0.2) is 0 Å². The van der Waals surface area contributed by atoms with Crippen LogP contribution in [0.2, 0.25) is 0 Å².